The molecule has 0 heterocycles. The number of esters is 1. The molecule has 57 heavy (non-hydrogen) atoms. The van der Waals surface area contributed by atoms with Gasteiger partial charge in [0.15, 0.2) is 0 Å². The summed E-state index contributed by atoms with van der Waals surface area (Å²) >= 11 is 0. The number of unbranched alkanes of at least 4 members (excludes halogenated alkanes) is 30. The van der Waals surface area contributed by atoms with Gasteiger partial charge in [0.1, 0.15) is 19.3 Å². The van der Waals surface area contributed by atoms with Gasteiger partial charge in [0, 0.05) is 13.0 Å². The Morgan fingerprint density at radius 3 is 1.35 bits per heavy atom. The normalized spacial score (nSPS) is 13.7. The van der Waals surface area contributed by atoms with Crippen LogP contribution < -0.4 is 0 Å². The van der Waals surface area contributed by atoms with E-state index in [4.69, 9.17) is 18.5 Å². The first-order chi connectivity index (χ1) is 27.6. The monoisotopic (exact) mass is 831 g/mol. The number of carbonyl (C=O) groups is 1. The fourth-order valence-corrected chi connectivity index (χ4v) is 7.76. The number of rotatable bonds is 46. The Morgan fingerprint density at radius 1 is 0.526 bits per heavy atom. The molecule has 2 atom stereocenters. The summed E-state index contributed by atoms with van der Waals surface area (Å²) < 4.78 is 35.1. The molecular formula is C48H97NO7P+. The van der Waals surface area contributed by atoms with E-state index in [9.17, 15) is 14.3 Å². The summed E-state index contributed by atoms with van der Waals surface area (Å²) in [5.41, 5.74) is 0. The lowest BCUT2D eigenvalue weighted by Crippen LogP contribution is -2.37. The van der Waals surface area contributed by atoms with Crippen LogP contribution >= 0.6 is 7.82 Å². The smallest absolute Gasteiger partial charge is 0.457 e. The second kappa shape index (κ2) is 42.0. The Bertz CT molecular complexity index is 925. The van der Waals surface area contributed by atoms with E-state index in [-0.39, 0.29) is 25.8 Å². The number of phosphoric ester groups is 1. The van der Waals surface area contributed by atoms with Gasteiger partial charge in [0.25, 0.3) is 0 Å². The summed E-state index contributed by atoms with van der Waals surface area (Å²) in [5.74, 6) is -0.318. The molecule has 0 fully saturated rings. The lowest BCUT2D eigenvalue weighted by atomic mass is 10.0. The van der Waals surface area contributed by atoms with Crippen molar-refractivity contribution in [1.82, 2.24) is 0 Å². The van der Waals surface area contributed by atoms with E-state index < -0.39 is 13.9 Å². The molecule has 8 nitrogen and oxygen atoms in total. The topological polar surface area (TPSA) is 91.3 Å². The SMILES string of the molecule is CCCCCC/C=C\CCCCCCCC(=O)OC(COCCCCCCCCCCCCCCCCCCCCCCCC)COP(=O)(O)OCC[N+](C)(C)C. The molecule has 0 saturated heterocycles. The zero-order valence-electron chi connectivity index (χ0n) is 38.6. The fourth-order valence-electron chi connectivity index (χ4n) is 7.02. The number of phosphoric acid groups is 1. The summed E-state index contributed by atoms with van der Waals surface area (Å²) in [7, 11) is 1.68. The lowest BCUT2D eigenvalue weighted by molar-refractivity contribution is -0.870. The Kier molecular flexibility index (Phi) is 41.4. The molecule has 0 aliphatic rings. The molecule has 0 rings (SSSR count). The van der Waals surface area contributed by atoms with E-state index in [0.29, 0.717) is 24.1 Å². The van der Waals surface area contributed by atoms with Crippen molar-refractivity contribution in [3.63, 3.8) is 0 Å². The van der Waals surface area contributed by atoms with Crippen molar-refractivity contribution in [2.24, 2.45) is 0 Å². The maximum absolute atomic E-state index is 12.7. The third kappa shape index (κ3) is 46.2. The van der Waals surface area contributed by atoms with Crippen molar-refractivity contribution in [2.45, 2.75) is 238 Å². The minimum atomic E-state index is -4.27. The first-order valence-corrected chi connectivity index (χ1v) is 25.9. The Morgan fingerprint density at radius 2 is 0.912 bits per heavy atom. The van der Waals surface area contributed by atoms with Crippen molar-refractivity contribution in [3.8, 4) is 0 Å². The summed E-state index contributed by atoms with van der Waals surface area (Å²) in [5, 5.41) is 0. The Hall–Kier alpha value is -0.760. The van der Waals surface area contributed by atoms with Crippen molar-refractivity contribution in [3.05, 3.63) is 12.2 Å². The molecule has 0 amide bonds. The van der Waals surface area contributed by atoms with E-state index in [1.54, 1.807) is 0 Å². The number of hydrogen-bond acceptors (Lipinski definition) is 6. The van der Waals surface area contributed by atoms with Gasteiger partial charge in [-0.1, -0.05) is 199 Å². The van der Waals surface area contributed by atoms with Gasteiger partial charge in [-0.25, -0.2) is 4.57 Å². The summed E-state index contributed by atoms with van der Waals surface area (Å²) in [6.45, 7) is 5.65. The number of likely N-dealkylation sites (N-methyl/N-ethyl adjacent to an activating group) is 1. The highest BCUT2D eigenvalue weighted by Gasteiger charge is 2.26. The van der Waals surface area contributed by atoms with Gasteiger partial charge in [-0.3, -0.25) is 13.8 Å². The number of allylic oxidation sites excluding steroid dienone is 2. The van der Waals surface area contributed by atoms with E-state index in [0.717, 1.165) is 38.5 Å². The fraction of sp³-hybridized carbons (Fsp3) is 0.938. The maximum Gasteiger partial charge on any atom is 0.472 e. The number of ether oxygens (including phenoxy) is 2. The van der Waals surface area contributed by atoms with Gasteiger partial charge < -0.3 is 18.9 Å². The van der Waals surface area contributed by atoms with Crippen LogP contribution in [0.3, 0.4) is 0 Å². The van der Waals surface area contributed by atoms with Crippen LogP contribution in [0.2, 0.25) is 0 Å². The number of nitrogens with zero attached hydrogens (tertiary/aromatic N) is 1. The molecule has 2 unspecified atom stereocenters. The first-order valence-electron chi connectivity index (χ1n) is 24.4. The highest BCUT2D eigenvalue weighted by molar-refractivity contribution is 7.47. The van der Waals surface area contributed by atoms with Crippen molar-refractivity contribution in [2.75, 3.05) is 54.1 Å². The predicted octanol–water partition coefficient (Wildman–Crippen LogP) is 14.6. The van der Waals surface area contributed by atoms with Crippen LogP contribution in [0.5, 0.6) is 0 Å². The van der Waals surface area contributed by atoms with Crippen LogP contribution in [0.4, 0.5) is 0 Å². The molecular weight excluding hydrogens is 734 g/mol. The lowest BCUT2D eigenvalue weighted by Gasteiger charge is -2.24. The molecule has 0 saturated carbocycles. The van der Waals surface area contributed by atoms with Gasteiger partial charge in [0.05, 0.1) is 34.4 Å². The standard InChI is InChI=1S/C48H96NO7P/c1-6-8-10-12-14-16-18-20-21-22-23-24-25-26-27-28-30-32-34-36-38-40-43-53-45-47(46-55-57(51,52)54-44-42-49(3,4)5)56-48(50)41-39-37-35-33-31-29-19-17-15-13-11-9-7-2/h17,19,47H,6-16,18,20-46H2,1-5H3/p+1/b19-17-. The first kappa shape index (κ1) is 56.2. The van der Waals surface area contributed by atoms with Crippen molar-refractivity contribution in [1.29, 1.82) is 0 Å². The maximum atomic E-state index is 12.7. The third-order valence-corrected chi connectivity index (χ3v) is 11.8. The van der Waals surface area contributed by atoms with Crippen LogP contribution in [0.1, 0.15) is 232 Å². The van der Waals surface area contributed by atoms with Crippen LogP contribution in [-0.2, 0) is 27.9 Å². The zero-order valence-corrected chi connectivity index (χ0v) is 39.5. The van der Waals surface area contributed by atoms with Gasteiger partial charge in [-0.2, -0.15) is 0 Å². The molecule has 0 aromatic heterocycles. The summed E-state index contributed by atoms with van der Waals surface area (Å²) in [6, 6.07) is 0. The molecule has 340 valence electrons. The van der Waals surface area contributed by atoms with Gasteiger partial charge >= 0.3 is 13.8 Å². The van der Waals surface area contributed by atoms with E-state index in [1.807, 2.05) is 21.1 Å². The largest absolute Gasteiger partial charge is 0.472 e. The average Bonchev–Trinajstić information content (AvgIpc) is 3.16. The number of quaternary nitrogens is 1. The van der Waals surface area contributed by atoms with E-state index >= 15 is 0 Å². The third-order valence-electron chi connectivity index (χ3n) is 10.8. The highest BCUT2D eigenvalue weighted by atomic mass is 31.2. The summed E-state index contributed by atoms with van der Waals surface area (Å²) in [4.78, 5) is 22.9. The molecule has 1 N–H and O–H groups in total. The van der Waals surface area contributed by atoms with Gasteiger partial charge in [0.2, 0.25) is 0 Å². The average molecular weight is 831 g/mol. The Balaban J connectivity index is 4.07. The van der Waals surface area contributed by atoms with Crippen LogP contribution in [0.15, 0.2) is 12.2 Å². The van der Waals surface area contributed by atoms with Gasteiger partial charge in [-0.15, -0.1) is 0 Å². The second-order valence-electron chi connectivity index (χ2n) is 17.9. The molecule has 0 aromatic rings. The highest BCUT2D eigenvalue weighted by Crippen LogP contribution is 2.43. The van der Waals surface area contributed by atoms with Crippen LogP contribution in [-0.4, -0.2) is 75.6 Å². The van der Waals surface area contributed by atoms with Crippen molar-refractivity contribution < 1.29 is 37.3 Å². The second-order valence-corrected chi connectivity index (χ2v) is 19.3. The quantitative estimate of drug-likeness (QED) is 0.0215. The molecule has 0 radical (unpaired) electrons. The summed E-state index contributed by atoms with van der Waals surface area (Å²) in [6.07, 6.45) is 46.8. The van der Waals surface area contributed by atoms with Gasteiger partial charge in [-0.05, 0) is 38.5 Å². The Labute approximate surface area is 354 Å². The predicted molar refractivity (Wildman–Crippen MR) is 243 cm³/mol. The van der Waals surface area contributed by atoms with E-state index in [2.05, 4.69) is 26.0 Å². The minimum Gasteiger partial charge on any atom is -0.457 e. The molecule has 9 heteroatoms. The van der Waals surface area contributed by atoms with Crippen LogP contribution in [0, 0.1) is 0 Å². The number of carbonyl (C=O) groups excluding carboxylic acids is 1. The molecule has 0 aliphatic heterocycles. The molecule has 0 aliphatic carbocycles. The number of hydrogen-bond donors (Lipinski definition) is 1. The molecule has 0 bridgehead atoms. The van der Waals surface area contributed by atoms with Crippen LogP contribution in [0.25, 0.3) is 0 Å². The zero-order chi connectivity index (χ0) is 42.0. The van der Waals surface area contributed by atoms with E-state index in [1.165, 1.54) is 173 Å². The minimum absolute atomic E-state index is 0.0904. The molecule has 0 aromatic carbocycles. The van der Waals surface area contributed by atoms with Crippen molar-refractivity contribution >= 4 is 13.8 Å². The molecule has 0 spiro atoms.